The zero-order valence-electron chi connectivity index (χ0n) is 31.1. The Hall–Kier alpha value is -3.15. The van der Waals surface area contributed by atoms with Crippen LogP contribution in [-0.2, 0) is 17.3 Å². The van der Waals surface area contributed by atoms with E-state index < -0.39 is 0 Å². The van der Waals surface area contributed by atoms with Gasteiger partial charge < -0.3 is 10.2 Å². The third kappa shape index (κ3) is 9.09. The van der Waals surface area contributed by atoms with E-state index in [1.54, 1.807) is 5.84 Å². The summed E-state index contributed by atoms with van der Waals surface area (Å²) in [6.45, 7) is 20.0. The zero-order valence-corrected chi connectivity index (χ0v) is 31.1. The lowest BCUT2D eigenvalue weighted by molar-refractivity contribution is -0.539. The van der Waals surface area contributed by atoms with E-state index in [4.69, 9.17) is 9.98 Å². The van der Waals surface area contributed by atoms with Crippen LogP contribution in [0.3, 0.4) is 0 Å². The summed E-state index contributed by atoms with van der Waals surface area (Å²) in [5.74, 6) is 2.29. The molecule has 1 fully saturated rings. The molecular weight excluding hydrogens is 592 g/mol. The molecule has 262 valence electrons. The van der Waals surface area contributed by atoms with Gasteiger partial charge in [-0.25, -0.2) is 0 Å². The maximum absolute atomic E-state index is 11.3. The Morgan fingerprint density at radius 1 is 0.771 bits per heavy atom. The fourth-order valence-corrected chi connectivity index (χ4v) is 7.81. The van der Waals surface area contributed by atoms with Gasteiger partial charge >= 0.3 is 0 Å². The molecule has 2 unspecified atom stereocenters. The van der Waals surface area contributed by atoms with E-state index in [9.17, 15) is 10.2 Å². The van der Waals surface area contributed by atoms with E-state index in [0.717, 1.165) is 79.3 Å². The van der Waals surface area contributed by atoms with Crippen molar-refractivity contribution in [2.45, 2.75) is 148 Å². The van der Waals surface area contributed by atoms with E-state index >= 15 is 0 Å². The highest BCUT2D eigenvalue weighted by atomic mass is 16.3. The van der Waals surface area contributed by atoms with E-state index in [0.29, 0.717) is 11.5 Å². The smallest absolute Gasteiger partial charge is 0.246 e. The molecule has 2 aromatic carbocycles. The molecule has 2 aromatic rings. The molecule has 0 saturated heterocycles. The first-order chi connectivity index (χ1) is 22.8. The second-order valence-electron chi connectivity index (χ2n) is 16.8. The van der Waals surface area contributed by atoms with Gasteiger partial charge in [0.1, 0.15) is 11.5 Å². The second kappa shape index (κ2) is 15.6. The Balaban J connectivity index is 1.26. The number of aliphatic imine (C=N–C) groups is 2. The minimum Gasteiger partial charge on any atom is -0.507 e. The highest BCUT2D eigenvalue weighted by Gasteiger charge is 2.29. The van der Waals surface area contributed by atoms with Crippen molar-refractivity contribution in [3.63, 3.8) is 0 Å². The van der Waals surface area contributed by atoms with Crippen molar-refractivity contribution in [1.82, 2.24) is 4.90 Å². The van der Waals surface area contributed by atoms with Crippen LogP contribution in [0.25, 0.3) is 0 Å². The van der Waals surface area contributed by atoms with Crippen molar-refractivity contribution in [2.75, 3.05) is 26.2 Å². The number of rotatable bonds is 9. The van der Waals surface area contributed by atoms with E-state index in [2.05, 4.69) is 82.2 Å². The van der Waals surface area contributed by atoms with Gasteiger partial charge in [0.05, 0.1) is 38.3 Å². The number of nitrogens with zero attached hydrogens (tertiary/aromatic N) is 4. The number of phenolic OH excluding ortho intramolecular Hbond substituents is 2. The summed E-state index contributed by atoms with van der Waals surface area (Å²) < 4.78 is 2.65. The van der Waals surface area contributed by atoms with Gasteiger partial charge in [-0.3, -0.25) is 19.5 Å². The molecule has 48 heavy (non-hydrogen) atoms. The summed E-state index contributed by atoms with van der Waals surface area (Å²) in [7, 11) is 0. The summed E-state index contributed by atoms with van der Waals surface area (Å²) in [6.07, 6.45) is 17.6. The average molecular weight is 656 g/mol. The number of phenols is 2. The Labute approximate surface area is 291 Å². The van der Waals surface area contributed by atoms with Gasteiger partial charge in [-0.1, -0.05) is 66.5 Å². The molecule has 0 bridgehead atoms. The molecule has 6 nitrogen and oxygen atoms in total. The second-order valence-corrected chi connectivity index (χ2v) is 16.8. The van der Waals surface area contributed by atoms with Crippen LogP contribution in [0.2, 0.25) is 0 Å². The number of amidine groups is 1. The third-order valence-electron chi connectivity index (χ3n) is 10.7. The van der Waals surface area contributed by atoms with E-state index in [1.807, 2.05) is 12.4 Å². The summed E-state index contributed by atoms with van der Waals surface area (Å²) in [5, 5.41) is 22.6. The van der Waals surface area contributed by atoms with Gasteiger partial charge in [0.15, 0.2) is 0 Å². The molecule has 3 aliphatic rings. The Morgan fingerprint density at radius 2 is 1.44 bits per heavy atom. The lowest BCUT2D eigenvalue weighted by atomic mass is 9.79. The minimum atomic E-state index is -0.178. The van der Waals surface area contributed by atoms with E-state index in [-0.39, 0.29) is 22.9 Å². The fourth-order valence-electron chi connectivity index (χ4n) is 7.81. The predicted octanol–water partition coefficient (Wildman–Crippen LogP) is 8.86. The van der Waals surface area contributed by atoms with Crippen LogP contribution >= 0.6 is 0 Å². The van der Waals surface area contributed by atoms with Crippen molar-refractivity contribution < 1.29 is 14.8 Å². The molecule has 0 amide bonds. The van der Waals surface area contributed by atoms with Gasteiger partial charge in [-0.15, -0.1) is 0 Å². The van der Waals surface area contributed by atoms with Crippen LogP contribution in [-0.4, -0.2) is 76.2 Å². The molecule has 2 aliphatic heterocycles. The maximum Gasteiger partial charge on any atom is 0.246 e. The zero-order chi connectivity index (χ0) is 34.5. The summed E-state index contributed by atoms with van der Waals surface area (Å²) >= 11 is 0. The van der Waals surface area contributed by atoms with Crippen molar-refractivity contribution in [2.24, 2.45) is 9.98 Å². The van der Waals surface area contributed by atoms with Gasteiger partial charge in [0.2, 0.25) is 5.84 Å². The Kier molecular flexibility index (Phi) is 11.7. The highest BCUT2D eigenvalue weighted by Crippen LogP contribution is 2.37. The standard InChI is InChI=1S/C42H62N4O2/c1-30-24-31(16-12-14-21-46-23-15-22-45-20-13-8-9-19-38(45)46)39(47)32(25-30)28-43-36-17-10-11-18-37(36)44-29-33-26-34(41(2,3)4)27-35(40(33)48)42(5,6)7/h24-29,36-37H,8-23H2,1-7H3,(H-,43,44,47,48)/p+1. The normalized spacial score (nSPS) is 21.3. The monoisotopic (exact) mass is 655 g/mol. The summed E-state index contributed by atoms with van der Waals surface area (Å²) in [5.41, 5.74) is 5.72. The van der Waals surface area contributed by atoms with Crippen molar-refractivity contribution in [3.8, 4) is 11.5 Å². The van der Waals surface area contributed by atoms with Gasteiger partial charge in [0, 0.05) is 42.0 Å². The molecule has 2 heterocycles. The van der Waals surface area contributed by atoms with Crippen LogP contribution in [0.5, 0.6) is 11.5 Å². The largest absolute Gasteiger partial charge is 0.507 e. The fraction of sp³-hybridized carbons (Fsp3) is 0.643. The van der Waals surface area contributed by atoms with Crippen LogP contribution < -0.4 is 0 Å². The first-order valence-corrected chi connectivity index (χ1v) is 18.9. The number of unbranched alkanes of at least 4 members (excludes halogenated alkanes) is 1. The predicted molar refractivity (Wildman–Crippen MR) is 202 cm³/mol. The molecule has 1 saturated carbocycles. The van der Waals surface area contributed by atoms with Gasteiger partial charge in [0.25, 0.3) is 0 Å². The molecular formula is C42H63N4O2+. The topological polar surface area (TPSA) is 71.4 Å². The molecule has 0 spiro atoms. The van der Waals surface area contributed by atoms with Gasteiger partial charge in [-0.2, -0.15) is 0 Å². The van der Waals surface area contributed by atoms with Crippen LogP contribution in [0.4, 0.5) is 0 Å². The third-order valence-corrected chi connectivity index (χ3v) is 10.7. The maximum atomic E-state index is 11.3. The average Bonchev–Trinajstić information content (AvgIpc) is 3.29. The van der Waals surface area contributed by atoms with Crippen molar-refractivity contribution in [1.29, 1.82) is 0 Å². The Morgan fingerprint density at radius 3 is 2.10 bits per heavy atom. The van der Waals surface area contributed by atoms with Gasteiger partial charge in [-0.05, 0) is 97.9 Å². The minimum absolute atomic E-state index is 0.0363. The summed E-state index contributed by atoms with van der Waals surface area (Å²) in [6, 6.07) is 8.56. The van der Waals surface area contributed by atoms with Crippen molar-refractivity contribution >= 4 is 18.3 Å². The molecule has 5 rings (SSSR count). The highest BCUT2D eigenvalue weighted by molar-refractivity contribution is 5.86. The van der Waals surface area contributed by atoms with Crippen LogP contribution in [0.1, 0.15) is 146 Å². The Bertz CT molecular complexity index is 1510. The summed E-state index contributed by atoms with van der Waals surface area (Å²) in [4.78, 5) is 12.8. The molecule has 0 radical (unpaired) electrons. The first-order valence-electron chi connectivity index (χ1n) is 18.9. The SMILES string of the molecule is Cc1cc(C=NC2CCCCC2N=Cc2cc(C(C)(C)C)cc(C(C)(C)C)c2O)c(O)c(CCCCN2CCC[N+]3=C2CCCCC3)c1. The molecule has 1 aliphatic carbocycles. The first kappa shape index (κ1) is 36.1. The molecule has 2 atom stereocenters. The molecule has 2 N–H and O–H groups in total. The van der Waals surface area contributed by atoms with Crippen LogP contribution in [0, 0.1) is 6.92 Å². The number of aryl methyl sites for hydroxylation is 2. The molecule has 0 aromatic heterocycles. The van der Waals surface area contributed by atoms with E-state index in [1.165, 1.54) is 57.3 Å². The van der Waals surface area contributed by atoms with Crippen molar-refractivity contribution in [3.05, 3.63) is 57.6 Å². The van der Waals surface area contributed by atoms with Crippen LogP contribution in [0.15, 0.2) is 34.3 Å². The number of hydrogen-bond acceptors (Lipinski definition) is 5. The quantitative estimate of drug-likeness (QED) is 0.161. The number of hydrogen-bond donors (Lipinski definition) is 2. The number of benzene rings is 2. The lowest BCUT2D eigenvalue weighted by Gasteiger charge is -2.28. The molecule has 6 heteroatoms. The number of aromatic hydroxyl groups is 2. The lowest BCUT2D eigenvalue weighted by Crippen LogP contribution is -2.44.